The molecule has 0 fully saturated rings. The smallest absolute Gasteiger partial charge is 0.248 e. The molecule has 6 nitrogen and oxygen atoms in total. The van der Waals surface area contributed by atoms with Crippen LogP contribution in [-0.4, -0.2) is 34.4 Å². The highest BCUT2D eigenvalue weighted by Gasteiger charge is 2.20. The number of carbonyl (C=O) groups excluding carboxylic acids is 1. The third kappa shape index (κ3) is 3.53. The third-order valence-corrected chi connectivity index (χ3v) is 3.99. The molecule has 2 aromatic rings. The minimum absolute atomic E-state index is 0.0163. The van der Waals surface area contributed by atoms with Crippen molar-refractivity contribution in [1.82, 2.24) is 20.3 Å². The number of hydrazine groups is 1. The van der Waals surface area contributed by atoms with Gasteiger partial charge in [-0.1, -0.05) is 18.2 Å². The van der Waals surface area contributed by atoms with E-state index in [-0.39, 0.29) is 5.91 Å². The molecule has 0 saturated heterocycles. The number of aromatic amines is 1. The summed E-state index contributed by atoms with van der Waals surface area (Å²) in [5.74, 6) is 0.0163. The Hall–Kier alpha value is -2.76. The lowest BCUT2D eigenvalue weighted by Crippen LogP contribution is -2.40. The number of hydrogen-bond donors (Lipinski definition) is 2. The first-order valence-electron chi connectivity index (χ1n) is 7.67. The van der Waals surface area contributed by atoms with E-state index in [0.717, 1.165) is 29.2 Å². The fraction of sp³-hybridized carbons (Fsp3) is 0.294. The number of benzene rings is 1. The quantitative estimate of drug-likeness (QED) is 0.826. The van der Waals surface area contributed by atoms with Gasteiger partial charge in [-0.15, -0.1) is 0 Å². The summed E-state index contributed by atoms with van der Waals surface area (Å²) in [6.45, 7) is 3.20. The van der Waals surface area contributed by atoms with Crippen molar-refractivity contribution in [1.29, 1.82) is 0 Å². The predicted molar refractivity (Wildman–Crippen MR) is 89.4 cm³/mol. The lowest BCUT2D eigenvalue weighted by atomic mass is 10.2. The minimum Gasteiger partial charge on any atom is -0.348 e. The normalized spacial score (nSPS) is 14.6. The van der Waals surface area contributed by atoms with Gasteiger partial charge in [0.1, 0.15) is 0 Å². The SMILES string of the molecule is Cc1[nH]cnc1CN1CCC(NN(C)[14c]2[14cH][14cH][14cH][14cH][14cH]2)=CC1=O. The third-order valence-electron chi connectivity index (χ3n) is 3.99. The Labute approximate surface area is 135 Å². The Bertz CT molecular complexity index is 707. The van der Waals surface area contributed by atoms with Crippen molar-refractivity contribution in [3.8, 4) is 0 Å². The molecular formula is C17H21N5O. The Morgan fingerprint density at radius 2 is 2.22 bits per heavy atom. The van der Waals surface area contributed by atoms with Crippen molar-refractivity contribution in [3.63, 3.8) is 0 Å². The first-order chi connectivity index (χ1) is 11.1. The van der Waals surface area contributed by atoms with Gasteiger partial charge < -0.3 is 15.3 Å². The number of para-hydroxylation sites is 1. The molecule has 1 aromatic heterocycles. The lowest BCUT2D eigenvalue weighted by Gasteiger charge is -2.29. The number of hydrogen-bond acceptors (Lipinski definition) is 4. The van der Waals surface area contributed by atoms with Crippen LogP contribution in [0.2, 0.25) is 0 Å². The Morgan fingerprint density at radius 1 is 1.43 bits per heavy atom. The van der Waals surface area contributed by atoms with Crippen LogP contribution >= 0.6 is 0 Å². The maximum absolute atomic E-state index is 12.3. The maximum Gasteiger partial charge on any atom is 0.248 e. The summed E-state index contributed by atoms with van der Waals surface area (Å²) in [6.07, 6.45) is 4.13. The summed E-state index contributed by atoms with van der Waals surface area (Å²) in [5, 5.41) is 1.92. The minimum atomic E-state index is 0.0163. The number of anilines is 1. The fourth-order valence-corrected chi connectivity index (χ4v) is 2.58. The van der Waals surface area contributed by atoms with Crippen LogP contribution in [0.3, 0.4) is 0 Å². The number of aromatic nitrogens is 2. The summed E-state index contributed by atoms with van der Waals surface area (Å²) in [7, 11) is 1.94. The van der Waals surface area contributed by atoms with Crippen LogP contribution < -0.4 is 10.4 Å². The summed E-state index contributed by atoms with van der Waals surface area (Å²) >= 11 is 0. The zero-order valence-electron chi connectivity index (χ0n) is 13.4. The first-order valence-corrected chi connectivity index (χ1v) is 7.67. The standard InChI is InChI=1S/C17H21N5O/c1-13-16(19-12-18-13)11-22-9-8-14(10-17(22)23)20-21(2)15-6-4-3-5-7-15/h3-7,10,12,20H,8-9,11H2,1-2H3,(H,18,19)/i3+2,4+2,5+2,6+2,7+2,15+2. The number of nitrogens with one attached hydrogen (secondary N) is 2. The van der Waals surface area contributed by atoms with Gasteiger partial charge >= 0.3 is 0 Å². The Morgan fingerprint density at radius 3 is 2.87 bits per heavy atom. The molecule has 0 spiro atoms. The summed E-state index contributed by atoms with van der Waals surface area (Å²) < 4.78 is 0. The summed E-state index contributed by atoms with van der Waals surface area (Å²) in [5.41, 5.74) is 7.19. The van der Waals surface area contributed by atoms with Crippen molar-refractivity contribution in [2.24, 2.45) is 0 Å². The van der Waals surface area contributed by atoms with E-state index in [0.29, 0.717) is 13.1 Å². The molecule has 0 aliphatic carbocycles. The van der Waals surface area contributed by atoms with E-state index >= 15 is 0 Å². The molecule has 2 N–H and O–H groups in total. The van der Waals surface area contributed by atoms with Crippen LogP contribution in [0.4, 0.5) is 5.69 Å². The van der Waals surface area contributed by atoms with E-state index in [9.17, 15) is 4.79 Å². The molecule has 1 aliphatic rings. The Kier molecular flexibility index (Phi) is 4.32. The van der Waals surface area contributed by atoms with Gasteiger partial charge in [-0.2, -0.15) is 0 Å². The van der Waals surface area contributed by atoms with Gasteiger partial charge in [0.05, 0.1) is 24.3 Å². The average molecular weight is 323 g/mol. The molecule has 23 heavy (non-hydrogen) atoms. The molecule has 2 heterocycles. The molecule has 6 heteroatoms. The second-order valence-electron chi connectivity index (χ2n) is 5.66. The zero-order chi connectivity index (χ0) is 16.2. The highest BCUT2D eigenvalue weighted by Crippen LogP contribution is 2.16. The number of nitrogens with zero attached hydrogens (tertiary/aromatic N) is 3. The van der Waals surface area contributed by atoms with Gasteiger partial charge in [-0.3, -0.25) is 9.80 Å². The highest BCUT2D eigenvalue weighted by molar-refractivity contribution is 5.89. The van der Waals surface area contributed by atoms with Gasteiger partial charge in [0, 0.05) is 37.5 Å². The molecule has 1 amide bonds. The molecule has 0 radical (unpaired) electrons. The van der Waals surface area contributed by atoms with Gasteiger partial charge in [0.2, 0.25) is 5.91 Å². The molecule has 0 unspecified atom stereocenters. The van der Waals surface area contributed by atoms with Gasteiger partial charge in [0.25, 0.3) is 0 Å². The van der Waals surface area contributed by atoms with Crippen LogP contribution in [0.1, 0.15) is 17.8 Å². The largest absolute Gasteiger partial charge is 0.348 e. The molecule has 0 saturated carbocycles. The summed E-state index contributed by atoms with van der Waals surface area (Å²) in [4.78, 5) is 21.4. The highest BCUT2D eigenvalue weighted by atomic mass is 16.2. The van der Waals surface area contributed by atoms with E-state index in [4.69, 9.17) is 0 Å². The van der Waals surface area contributed by atoms with Gasteiger partial charge in [-0.05, 0) is 19.1 Å². The van der Waals surface area contributed by atoms with Crippen molar-refractivity contribution >= 4 is 11.6 Å². The van der Waals surface area contributed by atoms with Crippen LogP contribution in [0, 0.1) is 6.92 Å². The van der Waals surface area contributed by atoms with E-state index in [1.54, 1.807) is 12.4 Å². The second kappa shape index (κ2) is 6.56. The Balaban J connectivity index is 1.62. The number of H-pyrrole nitrogens is 1. The van der Waals surface area contributed by atoms with Crippen LogP contribution in [-0.2, 0) is 11.3 Å². The monoisotopic (exact) mass is 323 g/mol. The molecule has 1 aromatic carbocycles. The van der Waals surface area contributed by atoms with Gasteiger partial charge in [0.15, 0.2) is 0 Å². The van der Waals surface area contributed by atoms with E-state index in [1.165, 1.54) is 0 Å². The average Bonchev–Trinajstić information content (AvgIpc) is 2.96. The van der Waals surface area contributed by atoms with Gasteiger partial charge in [-0.25, -0.2) is 4.98 Å². The van der Waals surface area contributed by atoms with Crippen molar-refractivity contribution in [2.75, 3.05) is 18.6 Å². The molecule has 3 rings (SSSR count). The number of imidazole rings is 1. The lowest BCUT2D eigenvalue weighted by molar-refractivity contribution is -0.127. The van der Waals surface area contributed by atoms with Crippen molar-refractivity contribution in [3.05, 3.63) is 59.8 Å². The van der Waals surface area contributed by atoms with E-state index in [1.807, 2.05) is 54.2 Å². The maximum atomic E-state index is 12.3. The molecule has 120 valence electrons. The van der Waals surface area contributed by atoms with Crippen molar-refractivity contribution in [2.45, 2.75) is 19.9 Å². The number of rotatable bonds is 5. The number of amides is 1. The topological polar surface area (TPSA) is 64.3 Å². The molecular weight excluding hydrogens is 302 g/mol. The summed E-state index contributed by atoms with van der Waals surface area (Å²) in [6, 6.07) is 10.00. The number of carbonyl (C=O) groups is 1. The molecule has 0 bridgehead atoms. The number of aryl methyl sites for hydroxylation is 1. The fourth-order valence-electron chi connectivity index (χ4n) is 2.58. The molecule has 0 atom stereocenters. The predicted octanol–water partition coefficient (Wildman–Crippen LogP) is 1.98. The van der Waals surface area contributed by atoms with E-state index in [2.05, 4.69) is 15.4 Å². The van der Waals surface area contributed by atoms with Crippen LogP contribution in [0.5, 0.6) is 0 Å². The first kappa shape index (κ1) is 15.1. The zero-order valence-corrected chi connectivity index (χ0v) is 13.4. The van der Waals surface area contributed by atoms with Crippen LogP contribution in [0.25, 0.3) is 0 Å². The molecule has 1 aliphatic heterocycles. The van der Waals surface area contributed by atoms with Crippen LogP contribution in [0.15, 0.2) is 48.4 Å². The van der Waals surface area contributed by atoms with Crippen molar-refractivity contribution < 1.29 is 4.79 Å². The second-order valence-corrected chi connectivity index (χ2v) is 5.66. The van der Waals surface area contributed by atoms with E-state index < -0.39 is 0 Å².